The van der Waals surface area contributed by atoms with Crippen LogP contribution in [-0.2, 0) is 30.9 Å². The highest BCUT2D eigenvalue weighted by Crippen LogP contribution is 2.15. The molecule has 31 heavy (non-hydrogen) atoms. The van der Waals surface area contributed by atoms with Gasteiger partial charge in [-0.25, -0.2) is 12.8 Å². The average Bonchev–Trinajstić information content (AvgIpc) is 2.73. The minimum absolute atomic E-state index is 0.00635. The summed E-state index contributed by atoms with van der Waals surface area (Å²) < 4.78 is 44.4. The SMILES string of the molecule is CC(=O)c1ccc(S(=O)(=O)N(C)CC(=O)OCC(=O)N(C)Cc2ccccc2F)cc1. The summed E-state index contributed by atoms with van der Waals surface area (Å²) in [7, 11) is -1.36. The fraction of sp³-hybridized carbons (Fsp3) is 0.286. The van der Waals surface area contributed by atoms with Crippen molar-refractivity contribution in [3.63, 3.8) is 0 Å². The van der Waals surface area contributed by atoms with Gasteiger partial charge in [-0.1, -0.05) is 30.3 Å². The number of ether oxygens (including phenoxy) is 1. The van der Waals surface area contributed by atoms with Gasteiger partial charge in [0.1, 0.15) is 12.4 Å². The van der Waals surface area contributed by atoms with Crippen molar-refractivity contribution in [2.45, 2.75) is 18.4 Å². The molecule has 166 valence electrons. The van der Waals surface area contributed by atoms with E-state index in [1.807, 2.05) is 0 Å². The molecule has 8 nitrogen and oxygen atoms in total. The summed E-state index contributed by atoms with van der Waals surface area (Å²) in [5.74, 6) is -2.14. The zero-order valence-electron chi connectivity index (χ0n) is 17.4. The molecule has 0 aliphatic heterocycles. The van der Waals surface area contributed by atoms with E-state index < -0.39 is 40.9 Å². The lowest BCUT2D eigenvalue weighted by Crippen LogP contribution is -2.36. The molecule has 0 fully saturated rings. The lowest BCUT2D eigenvalue weighted by molar-refractivity contribution is -0.151. The first-order valence-corrected chi connectivity index (χ1v) is 10.7. The Hall–Kier alpha value is -3.11. The van der Waals surface area contributed by atoms with Crippen LogP contribution in [0.3, 0.4) is 0 Å². The predicted octanol–water partition coefficient (Wildman–Crippen LogP) is 1.85. The first-order valence-electron chi connectivity index (χ1n) is 9.22. The molecule has 0 heterocycles. The van der Waals surface area contributed by atoms with E-state index in [0.29, 0.717) is 11.1 Å². The van der Waals surface area contributed by atoms with Crippen LogP contribution in [0.4, 0.5) is 4.39 Å². The van der Waals surface area contributed by atoms with Gasteiger partial charge < -0.3 is 9.64 Å². The molecular formula is C21H23FN2O6S. The molecule has 0 saturated heterocycles. The van der Waals surface area contributed by atoms with Crippen LogP contribution in [-0.4, -0.2) is 62.5 Å². The zero-order chi connectivity index (χ0) is 23.2. The van der Waals surface area contributed by atoms with Gasteiger partial charge in [-0.15, -0.1) is 0 Å². The van der Waals surface area contributed by atoms with Crippen LogP contribution in [0, 0.1) is 5.82 Å². The number of hydrogen-bond donors (Lipinski definition) is 0. The molecular weight excluding hydrogens is 427 g/mol. The Bertz CT molecular complexity index is 1070. The van der Waals surface area contributed by atoms with E-state index in [1.54, 1.807) is 6.07 Å². The molecule has 0 saturated carbocycles. The van der Waals surface area contributed by atoms with Crippen molar-refractivity contribution in [2.24, 2.45) is 0 Å². The quantitative estimate of drug-likeness (QED) is 0.427. The smallest absolute Gasteiger partial charge is 0.321 e. The third-order valence-corrected chi connectivity index (χ3v) is 6.29. The Balaban J connectivity index is 1.90. The number of hydrogen-bond acceptors (Lipinski definition) is 6. The van der Waals surface area contributed by atoms with Crippen LogP contribution in [0.5, 0.6) is 0 Å². The van der Waals surface area contributed by atoms with E-state index in [0.717, 1.165) is 4.31 Å². The Kier molecular flexibility index (Phi) is 8.01. The number of halogens is 1. The Morgan fingerprint density at radius 2 is 1.61 bits per heavy atom. The molecule has 0 atom stereocenters. The van der Waals surface area contributed by atoms with E-state index in [4.69, 9.17) is 4.74 Å². The lowest BCUT2D eigenvalue weighted by atomic mass is 10.2. The van der Waals surface area contributed by atoms with Crippen LogP contribution >= 0.6 is 0 Å². The van der Waals surface area contributed by atoms with E-state index >= 15 is 0 Å². The van der Waals surface area contributed by atoms with Gasteiger partial charge in [-0.3, -0.25) is 14.4 Å². The topological polar surface area (TPSA) is 101 Å². The van der Waals surface area contributed by atoms with Gasteiger partial charge in [0, 0.05) is 31.8 Å². The third-order valence-electron chi connectivity index (χ3n) is 4.47. The summed E-state index contributed by atoms with van der Waals surface area (Å²) in [4.78, 5) is 36.5. The van der Waals surface area contributed by atoms with Gasteiger partial charge >= 0.3 is 5.97 Å². The average molecular weight is 450 g/mol. The number of nitrogens with zero attached hydrogens (tertiary/aromatic N) is 2. The number of sulfonamides is 1. The molecule has 1 amide bonds. The van der Waals surface area contributed by atoms with Crippen molar-refractivity contribution in [2.75, 3.05) is 27.2 Å². The number of esters is 1. The maximum atomic E-state index is 13.7. The zero-order valence-corrected chi connectivity index (χ0v) is 18.2. The number of amides is 1. The summed E-state index contributed by atoms with van der Waals surface area (Å²) >= 11 is 0. The molecule has 2 aromatic carbocycles. The summed E-state index contributed by atoms with van der Waals surface area (Å²) in [5.41, 5.74) is 0.672. The predicted molar refractivity (Wildman–Crippen MR) is 110 cm³/mol. The third kappa shape index (κ3) is 6.43. The first-order chi connectivity index (χ1) is 14.5. The van der Waals surface area contributed by atoms with Gasteiger partial charge in [-0.2, -0.15) is 4.31 Å². The van der Waals surface area contributed by atoms with Crippen LogP contribution in [0.25, 0.3) is 0 Å². The highest BCUT2D eigenvalue weighted by molar-refractivity contribution is 7.89. The monoisotopic (exact) mass is 450 g/mol. The maximum Gasteiger partial charge on any atom is 0.321 e. The van der Waals surface area contributed by atoms with Gasteiger partial charge in [0.2, 0.25) is 10.0 Å². The fourth-order valence-corrected chi connectivity index (χ4v) is 3.69. The Morgan fingerprint density at radius 3 is 2.19 bits per heavy atom. The second-order valence-corrected chi connectivity index (χ2v) is 8.89. The summed E-state index contributed by atoms with van der Waals surface area (Å²) in [6, 6.07) is 11.3. The van der Waals surface area contributed by atoms with Crippen molar-refractivity contribution in [1.82, 2.24) is 9.21 Å². The van der Waals surface area contributed by atoms with Crippen LogP contribution in [0.1, 0.15) is 22.8 Å². The molecule has 0 N–H and O–H groups in total. The van der Waals surface area contributed by atoms with E-state index in [2.05, 4.69) is 0 Å². The number of likely N-dealkylation sites (N-methyl/N-ethyl adjacent to an activating group) is 2. The number of Topliss-reactive ketones (excluding diaryl/α,β-unsaturated/α-hetero) is 1. The van der Waals surface area contributed by atoms with Crippen molar-refractivity contribution >= 4 is 27.7 Å². The highest BCUT2D eigenvalue weighted by atomic mass is 32.2. The van der Waals surface area contributed by atoms with Crippen molar-refractivity contribution < 1.29 is 31.9 Å². The Morgan fingerprint density at radius 1 is 1.00 bits per heavy atom. The number of benzene rings is 2. The van der Waals surface area contributed by atoms with Crippen LogP contribution in [0.15, 0.2) is 53.4 Å². The largest absolute Gasteiger partial charge is 0.455 e. The number of carbonyl (C=O) groups is 3. The number of carbonyl (C=O) groups excluding carboxylic acids is 3. The summed E-state index contributed by atoms with van der Waals surface area (Å²) in [5, 5.41) is 0. The molecule has 0 spiro atoms. The van der Waals surface area contributed by atoms with Gasteiger partial charge in [-0.05, 0) is 25.1 Å². The summed E-state index contributed by atoms with van der Waals surface area (Å²) in [6.45, 7) is 0.139. The van der Waals surface area contributed by atoms with Crippen LogP contribution in [0.2, 0.25) is 0 Å². The summed E-state index contributed by atoms with van der Waals surface area (Å²) in [6.07, 6.45) is 0. The normalized spacial score (nSPS) is 11.3. The van der Waals surface area contributed by atoms with E-state index in [-0.39, 0.29) is 17.2 Å². The molecule has 10 heteroatoms. The molecule has 0 bridgehead atoms. The second-order valence-electron chi connectivity index (χ2n) is 6.84. The fourth-order valence-electron chi connectivity index (χ4n) is 2.58. The highest BCUT2D eigenvalue weighted by Gasteiger charge is 2.24. The molecule has 2 rings (SSSR count). The minimum Gasteiger partial charge on any atom is -0.455 e. The maximum absolute atomic E-state index is 13.7. The molecule has 2 aromatic rings. The van der Waals surface area contributed by atoms with Crippen molar-refractivity contribution in [3.05, 3.63) is 65.5 Å². The molecule has 0 aromatic heterocycles. The first kappa shape index (κ1) is 24.2. The standard InChI is InChI=1S/C21H23FN2O6S/c1-15(25)16-8-10-18(11-9-16)31(28,29)24(3)13-21(27)30-14-20(26)23(2)12-17-6-4-5-7-19(17)22/h4-11H,12-14H2,1-3H3. The molecule has 0 unspecified atom stereocenters. The number of rotatable bonds is 9. The molecule has 0 radical (unpaired) electrons. The van der Waals surface area contributed by atoms with Crippen molar-refractivity contribution in [1.29, 1.82) is 0 Å². The second kappa shape index (κ2) is 10.3. The molecule has 0 aliphatic carbocycles. The lowest BCUT2D eigenvalue weighted by Gasteiger charge is -2.19. The van der Waals surface area contributed by atoms with Crippen molar-refractivity contribution in [3.8, 4) is 0 Å². The molecule has 0 aliphatic rings. The van der Waals surface area contributed by atoms with Crippen LogP contribution < -0.4 is 0 Å². The van der Waals surface area contributed by atoms with Gasteiger partial charge in [0.05, 0.1) is 4.90 Å². The van der Waals surface area contributed by atoms with E-state index in [9.17, 15) is 27.2 Å². The van der Waals surface area contributed by atoms with Gasteiger partial charge in [0.25, 0.3) is 5.91 Å². The van der Waals surface area contributed by atoms with E-state index in [1.165, 1.54) is 68.4 Å². The Labute approximate surface area is 180 Å². The minimum atomic E-state index is -3.99. The number of ketones is 1. The van der Waals surface area contributed by atoms with Gasteiger partial charge in [0.15, 0.2) is 12.4 Å².